The van der Waals surface area contributed by atoms with Crippen LogP contribution in [0.4, 0.5) is 0 Å². The summed E-state index contributed by atoms with van der Waals surface area (Å²) in [6, 6.07) is 2.11. The zero-order valence-corrected chi connectivity index (χ0v) is 13.3. The molecule has 3 nitrogen and oxygen atoms in total. The number of carboxylic acid groups (broad SMARTS) is 1. The third-order valence-corrected chi connectivity index (χ3v) is 1.91. The standard InChI is InChI=1S/C7H8N.C5H10O2.Zn/c8-6-7-4-2-1-3-5-7;1-5(2,3)4(6)7;/h4-5H,1-3H2;1-3H3,(H,6,7);/q-1;;. The number of aliphatic carboxylic acids is 1. The molecule has 0 aliphatic heterocycles. The van der Waals surface area contributed by atoms with Gasteiger partial charge in [-0.05, 0) is 20.8 Å². The molecule has 0 radical (unpaired) electrons. The van der Waals surface area contributed by atoms with Crippen LogP contribution in [0.5, 0.6) is 0 Å². The van der Waals surface area contributed by atoms with Crippen molar-refractivity contribution in [3.05, 3.63) is 18.1 Å². The molecule has 0 saturated heterocycles. The van der Waals surface area contributed by atoms with E-state index >= 15 is 0 Å². The van der Waals surface area contributed by atoms with Crippen LogP contribution >= 0.6 is 0 Å². The minimum atomic E-state index is -0.757. The van der Waals surface area contributed by atoms with Crippen LogP contribution in [-0.2, 0) is 24.3 Å². The van der Waals surface area contributed by atoms with Crippen LogP contribution in [0.2, 0.25) is 0 Å². The molecular formula is C12H18NO2Zn-. The van der Waals surface area contributed by atoms with E-state index in [1.165, 1.54) is 6.42 Å². The zero-order valence-electron chi connectivity index (χ0n) is 10.3. The molecule has 0 bridgehead atoms. The van der Waals surface area contributed by atoms with Gasteiger partial charge < -0.3 is 5.11 Å². The van der Waals surface area contributed by atoms with Gasteiger partial charge in [-0.15, -0.1) is 5.57 Å². The fourth-order valence-corrected chi connectivity index (χ4v) is 0.808. The fourth-order valence-electron chi connectivity index (χ4n) is 0.808. The van der Waals surface area contributed by atoms with Crippen LogP contribution < -0.4 is 0 Å². The molecule has 0 unspecified atom stereocenters. The monoisotopic (exact) mass is 272 g/mol. The maximum Gasteiger partial charge on any atom is 0.308 e. The molecule has 0 amide bonds. The van der Waals surface area contributed by atoms with Gasteiger partial charge in [0.2, 0.25) is 0 Å². The Balaban J connectivity index is 0. The topological polar surface area (TPSA) is 61.1 Å². The number of carbonyl (C=O) groups is 1. The minimum Gasteiger partial charge on any atom is -0.481 e. The largest absolute Gasteiger partial charge is 0.481 e. The van der Waals surface area contributed by atoms with Crippen molar-refractivity contribution in [3.63, 3.8) is 0 Å². The van der Waals surface area contributed by atoms with Crippen molar-refractivity contribution in [1.29, 1.82) is 5.26 Å². The van der Waals surface area contributed by atoms with Crippen LogP contribution in [0.1, 0.15) is 40.0 Å². The third kappa shape index (κ3) is 8.50. The van der Waals surface area contributed by atoms with Gasteiger partial charge in [0, 0.05) is 19.5 Å². The summed E-state index contributed by atoms with van der Waals surface area (Å²) < 4.78 is 0. The normalized spacial score (nSPS) is 14.0. The Kier molecular flexibility index (Phi) is 9.18. The number of carboxylic acids is 1. The molecular weight excluding hydrogens is 256 g/mol. The first-order valence-electron chi connectivity index (χ1n) is 5.05. The van der Waals surface area contributed by atoms with E-state index in [9.17, 15) is 4.79 Å². The molecule has 16 heavy (non-hydrogen) atoms. The number of hydrogen-bond acceptors (Lipinski definition) is 2. The van der Waals surface area contributed by atoms with E-state index in [4.69, 9.17) is 10.4 Å². The SMILES string of the molecule is CC(C)(C)C(=O)O.N#CC1=CCCC[CH-]1.[Zn]. The van der Waals surface area contributed by atoms with Gasteiger partial charge in [0.25, 0.3) is 0 Å². The second-order valence-corrected chi connectivity index (χ2v) is 4.46. The summed E-state index contributed by atoms with van der Waals surface area (Å²) in [5, 5.41) is 16.6. The molecule has 0 aromatic heterocycles. The first-order valence-corrected chi connectivity index (χ1v) is 5.05. The molecule has 0 saturated carbocycles. The van der Waals surface area contributed by atoms with Crippen LogP contribution in [0, 0.1) is 23.2 Å². The van der Waals surface area contributed by atoms with Gasteiger partial charge in [-0.2, -0.15) is 12.5 Å². The quantitative estimate of drug-likeness (QED) is 0.545. The maximum absolute atomic E-state index is 10.0. The van der Waals surface area contributed by atoms with Crippen LogP contribution in [0.3, 0.4) is 0 Å². The average Bonchev–Trinajstić information content (AvgIpc) is 2.18. The van der Waals surface area contributed by atoms with E-state index in [1.54, 1.807) is 20.8 Å². The second kappa shape index (κ2) is 8.36. The molecule has 1 aliphatic rings. The Labute approximate surface area is 110 Å². The van der Waals surface area contributed by atoms with Crippen molar-refractivity contribution in [2.45, 2.75) is 40.0 Å². The van der Waals surface area contributed by atoms with Gasteiger partial charge in [-0.3, -0.25) is 10.1 Å². The van der Waals surface area contributed by atoms with E-state index in [0.29, 0.717) is 0 Å². The number of hydrogen-bond donors (Lipinski definition) is 1. The molecule has 0 aromatic rings. The number of nitriles is 1. The Bertz CT molecular complexity index is 284. The van der Waals surface area contributed by atoms with Crippen LogP contribution in [0.15, 0.2) is 11.6 Å². The second-order valence-electron chi connectivity index (χ2n) is 4.46. The predicted octanol–water partition coefficient (Wildman–Crippen LogP) is 2.94. The predicted molar refractivity (Wildman–Crippen MR) is 58.9 cm³/mol. The van der Waals surface area contributed by atoms with E-state index in [2.05, 4.69) is 6.07 Å². The van der Waals surface area contributed by atoms with Gasteiger partial charge in [-0.25, -0.2) is 0 Å². The van der Waals surface area contributed by atoms with E-state index in [-0.39, 0.29) is 19.5 Å². The fraction of sp³-hybridized carbons (Fsp3) is 0.583. The molecule has 0 spiro atoms. The summed E-state index contributed by atoms with van der Waals surface area (Å²) in [5.41, 5.74) is 0.274. The molecule has 4 heteroatoms. The Hall–Kier alpha value is -0.807. The third-order valence-electron chi connectivity index (χ3n) is 1.91. The van der Waals surface area contributed by atoms with Crippen LogP contribution in [0.25, 0.3) is 0 Å². The van der Waals surface area contributed by atoms with Gasteiger partial charge in [0.05, 0.1) is 5.41 Å². The summed E-state index contributed by atoms with van der Waals surface area (Å²) in [5.74, 6) is -0.757. The first-order chi connectivity index (χ1) is 6.88. The van der Waals surface area contributed by atoms with Gasteiger partial charge in [0.1, 0.15) is 0 Å². The minimum absolute atomic E-state index is 0. The molecule has 1 N–H and O–H groups in total. The summed E-state index contributed by atoms with van der Waals surface area (Å²) in [6.45, 7) is 4.99. The average molecular weight is 274 g/mol. The maximum atomic E-state index is 10.0. The zero-order chi connectivity index (χ0) is 11.9. The van der Waals surface area contributed by atoms with Crippen molar-refractivity contribution < 1.29 is 29.4 Å². The molecule has 0 fully saturated rings. The number of nitrogens with zero attached hydrogens (tertiary/aromatic N) is 1. The molecule has 1 aliphatic carbocycles. The summed E-state index contributed by atoms with van der Waals surface area (Å²) in [4.78, 5) is 10.0. The van der Waals surface area contributed by atoms with Gasteiger partial charge in [0.15, 0.2) is 0 Å². The van der Waals surface area contributed by atoms with Crippen molar-refractivity contribution in [1.82, 2.24) is 0 Å². The van der Waals surface area contributed by atoms with Crippen molar-refractivity contribution in [2.24, 2.45) is 5.41 Å². The van der Waals surface area contributed by atoms with E-state index < -0.39 is 11.4 Å². The van der Waals surface area contributed by atoms with Crippen molar-refractivity contribution in [2.75, 3.05) is 0 Å². The Morgan fingerprint density at radius 1 is 1.56 bits per heavy atom. The Morgan fingerprint density at radius 3 is 2.25 bits per heavy atom. The van der Waals surface area contributed by atoms with E-state index in [0.717, 1.165) is 18.4 Å². The van der Waals surface area contributed by atoms with Crippen molar-refractivity contribution >= 4 is 5.97 Å². The number of allylic oxidation sites excluding steroid dienone is 2. The number of rotatable bonds is 0. The molecule has 1 rings (SSSR count). The molecule has 0 aromatic carbocycles. The molecule has 0 heterocycles. The van der Waals surface area contributed by atoms with Crippen LogP contribution in [-0.4, -0.2) is 11.1 Å². The van der Waals surface area contributed by atoms with Gasteiger partial charge >= 0.3 is 5.97 Å². The van der Waals surface area contributed by atoms with E-state index in [1.807, 2.05) is 12.5 Å². The summed E-state index contributed by atoms with van der Waals surface area (Å²) in [6.07, 6.45) is 7.36. The molecule has 0 atom stereocenters. The first kappa shape index (κ1) is 17.6. The van der Waals surface area contributed by atoms with Crippen molar-refractivity contribution in [3.8, 4) is 6.07 Å². The molecule has 86 valence electrons. The smallest absolute Gasteiger partial charge is 0.308 e. The summed E-state index contributed by atoms with van der Waals surface area (Å²) in [7, 11) is 0. The summed E-state index contributed by atoms with van der Waals surface area (Å²) >= 11 is 0. The van der Waals surface area contributed by atoms with Gasteiger partial charge in [-0.1, -0.05) is 25.3 Å². The Morgan fingerprint density at radius 2 is 2.06 bits per heavy atom.